The van der Waals surface area contributed by atoms with Gasteiger partial charge in [-0.3, -0.25) is 9.36 Å². The number of hydrogen-bond acceptors (Lipinski definition) is 7. The Bertz CT molecular complexity index is 1330. The van der Waals surface area contributed by atoms with E-state index < -0.39 is 12.9 Å². The maximum atomic E-state index is 12.5. The second-order valence-electron chi connectivity index (χ2n) is 7.73. The molecule has 2 aromatic heterocycles. The Hall–Kier alpha value is -3.99. The Labute approximate surface area is 194 Å². The van der Waals surface area contributed by atoms with E-state index in [0.29, 0.717) is 19.0 Å². The standard InChI is InChI=1S/C23H23F2N7O2/c1-31-21(14-3-6-16(7-4-14)34-22(24)25)19-17(29-31)8-5-15-13-26-23(28-20(15)19)27-18-9-10-32(30-18)11-12-33-2/h3-10,13,22-23,28H,11-12H2,1-2H3,(H,27,30). The lowest BCUT2D eigenvalue weighted by atomic mass is 10.0. The minimum Gasteiger partial charge on any atom is -0.435 e. The second-order valence-corrected chi connectivity index (χ2v) is 7.73. The molecule has 0 fully saturated rings. The lowest BCUT2D eigenvalue weighted by Crippen LogP contribution is -2.30. The van der Waals surface area contributed by atoms with Crippen molar-refractivity contribution in [3.8, 4) is 17.0 Å². The van der Waals surface area contributed by atoms with E-state index >= 15 is 0 Å². The molecule has 0 saturated heterocycles. The van der Waals surface area contributed by atoms with E-state index in [-0.39, 0.29) is 5.75 Å². The van der Waals surface area contributed by atoms with Crippen molar-refractivity contribution >= 4 is 28.6 Å². The molecule has 2 aromatic carbocycles. The number of aryl methyl sites for hydroxylation is 1. The molecular weight excluding hydrogens is 444 g/mol. The molecule has 3 heterocycles. The van der Waals surface area contributed by atoms with Crippen molar-refractivity contribution in [3.63, 3.8) is 0 Å². The van der Waals surface area contributed by atoms with Crippen molar-refractivity contribution in [1.82, 2.24) is 19.6 Å². The zero-order chi connectivity index (χ0) is 23.7. The molecule has 1 aliphatic rings. The van der Waals surface area contributed by atoms with Crippen LogP contribution in [-0.2, 0) is 18.3 Å². The molecule has 11 heteroatoms. The number of fused-ring (bicyclic) bond motifs is 3. The van der Waals surface area contributed by atoms with Gasteiger partial charge in [-0.1, -0.05) is 0 Å². The van der Waals surface area contributed by atoms with E-state index in [4.69, 9.17) is 4.74 Å². The lowest BCUT2D eigenvalue weighted by Gasteiger charge is -2.23. The summed E-state index contributed by atoms with van der Waals surface area (Å²) in [7, 11) is 3.50. The van der Waals surface area contributed by atoms with Gasteiger partial charge in [0.2, 0.25) is 0 Å². The molecule has 5 rings (SSSR count). The van der Waals surface area contributed by atoms with Crippen LogP contribution >= 0.6 is 0 Å². The first-order chi connectivity index (χ1) is 16.5. The van der Waals surface area contributed by atoms with Gasteiger partial charge in [-0.2, -0.15) is 19.0 Å². The molecule has 1 unspecified atom stereocenters. The summed E-state index contributed by atoms with van der Waals surface area (Å²) in [5, 5.41) is 16.8. The van der Waals surface area contributed by atoms with Crippen LogP contribution in [0.3, 0.4) is 0 Å². The van der Waals surface area contributed by atoms with Gasteiger partial charge in [-0.25, -0.2) is 4.99 Å². The van der Waals surface area contributed by atoms with E-state index in [1.807, 2.05) is 31.4 Å². The number of nitrogens with zero attached hydrogens (tertiary/aromatic N) is 5. The number of rotatable bonds is 8. The highest BCUT2D eigenvalue weighted by Crippen LogP contribution is 2.37. The number of aliphatic imine (C=N–C) groups is 1. The number of methoxy groups -OCH3 is 1. The van der Waals surface area contributed by atoms with Crippen molar-refractivity contribution in [2.24, 2.45) is 12.0 Å². The molecule has 0 aliphatic carbocycles. The van der Waals surface area contributed by atoms with Crippen molar-refractivity contribution in [1.29, 1.82) is 0 Å². The SMILES string of the molecule is COCCn1ccc(NC2N=Cc3ccc4nn(C)c(-c5ccc(OC(F)F)cc5)c4c3N2)n1. The third kappa shape index (κ3) is 4.29. The Morgan fingerprint density at radius 3 is 2.71 bits per heavy atom. The average molecular weight is 467 g/mol. The minimum atomic E-state index is -2.87. The zero-order valence-corrected chi connectivity index (χ0v) is 18.6. The van der Waals surface area contributed by atoms with Crippen LogP contribution in [0.25, 0.3) is 22.2 Å². The first-order valence-electron chi connectivity index (χ1n) is 10.7. The fourth-order valence-electron chi connectivity index (χ4n) is 3.98. The maximum Gasteiger partial charge on any atom is 0.387 e. The number of ether oxygens (including phenoxy) is 2. The van der Waals surface area contributed by atoms with E-state index in [2.05, 4.69) is 30.6 Å². The minimum absolute atomic E-state index is 0.103. The van der Waals surface area contributed by atoms with Gasteiger partial charge in [0, 0.05) is 43.8 Å². The number of hydrogen-bond donors (Lipinski definition) is 2. The third-order valence-corrected chi connectivity index (χ3v) is 5.48. The summed E-state index contributed by atoms with van der Waals surface area (Å²) in [6.45, 7) is -1.64. The van der Waals surface area contributed by atoms with E-state index in [9.17, 15) is 8.78 Å². The van der Waals surface area contributed by atoms with Crippen LogP contribution in [0, 0.1) is 0 Å². The highest BCUT2D eigenvalue weighted by atomic mass is 19.3. The van der Waals surface area contributed by atoms with Crippen molar-refractivity contribution in [2.45, 2.75) is 19.4 Å². The molecule has 0 radical (unpaired) electrons. The number of anilines is 2. The number of alkyl halides is 2. The largest absolute Gasteiger partial charge is 0.435 e. The van der Waals surface area contributed by atoms with Gasteiger partial charge >= 0.3 is 6.61 Å². The van der Waals surface area contributed by atoms with Gasteiger partial charge in [-0.05, 0) is 36.4 Å². The van der Waals surface area contributed by atoms with Crippen LogP contribution in [0.4, 0.5) is 20.3 Å². The van der Waals surface area contributed by atoms with Gasteiger partial charge in [0.15, 0.2) is 12.1 Å². The van der Waals surface area contributed by atoms with Crippen molar-refractivity contribution in [2.75, 3.05) is 24.4 Å². The number of benzene rings is 2. The second kappa shape index (κ2) is 9.10. The Balaban J connectivity index is 1.45. The fraction of sp³-hybridized carbons (Fsp3) is 0.261. The maximum absolute atomic E-state index is 12.5. The van der Waals surface area contributed by atoms with Crippen LogP contribution in [0.2, 0.25) is 0 Å². The molecule has 1 aliphatic heterocycles. The highest BCUT2D eigenvalue weighted by Gasteiger charge is 2.22. The van der Waals surface area contributed by atoms with Gasteiger partial charge < -0.3 is 20.1 Å². The molecule has 0 spiro atoms. The first kappa shape index (κ1) is 21.8. The van der Waals surface area contributed by atoms with E-state index in [1.54, 1.807) is 34.8 Å². The number of nitrogens with one attached hydrogen (secondary N) is 2. The van der Waals surface area contributed by atoms with Gasteiger partial charge in [0.05, 0.1) is 35.4 Å². The fourth-order valence-corrected chi connectivity index (χ4v) is 3.98. The number of halogens is 2. The Morgan fingerprint density at radius 1 is 1.12 bits per heavy atom. The predicted octanol–water partition coefficient (Wildman–Crippen LogP) is 3.92. The zero-order valence-electron chi connectivity index (χ0n) is 18.6. The molecule has 0 amide bonds. The molecule has 9 nitrogen and oxygen atoms in total. The van der Waals surface area contributed by atoms with Gasteiger partial charge in [-0.15, -0.1) is 0 Å². The van der Waals surface area contributed by atoms with E-state index in [1.165, 1.54) is 12.1 Å². The highest BCUT2D eigenvalue weighted by molar-refractivity contribution is 6.09. The molecule has 0 saturated carbocycles. The quantitative estimate of drug-likeness (QED) is 0.408. The molecular formula is C23H23F2N7O2. The predicted molar refractivity (Wildman–Crippen MR) is 126 cm³/mol. The smallest absolute Gasteiger partial charge is 0.387 e. The summed E-state index contributed by atoms with van der Waals surface area (Å²) in [5.41, 5.74) is 4.27. The van der Waals surface area contributed by atoms with Crippen LogP contribution < -0.4 is 15.4 Å². The first-order valence-corrected chi connectivity index (χ1v) is 10.7. The van der Waals surface area contributed by atoms with Crippen molar-refractivity contribution < 1.29 is 18.3 Å². The molecule has 2 N–H and O–H groups in total. The summed E-state index contributed by atoms with van der Waals surface area (Å²) >= 11 is 0. The van der Waals surface area contributed by atoms with Gasteiger partial charge in [0.1, 0.15) is 5.75 Å². The summed E-state index contributed by atoms with van der Waals surface area (Å²) in [6, 6.07) is 12.3. The summed E-state index contributed by atoms with van der Waals surface area (Å²) in [6.07, 6.45) is 3.25. The Morgan fingerprint density at radius 2 is 1.94 bits per heavy atom. The summed E-state index contributed by atoms with van der Waals surface area (Å²) in [5.74, 6) is 0.786. The van der Waals surface area contributed by atoms with Crippen LogP contribution in [0.15, 0.2) is 53.7 Å². The molecule has 0 bridgehead atoms. The Kier molecular flexibility index (Phi) is 5.84. The normalized spacial score (nSPS) is 14.9. The molecule has 1 atom stereocenters. The summed E-state index contributed by atoms with van der Waals surface area (Å²) < 4.78 is 38.2. The average Bonchev–Trinajstić information content (AvgIpc) is 3.41. The van der Waals surface area contributed by atoms with Crippen LogP contribution in [0.1, 0.15) is 5.56 Å². The monoisotopic (exact) mass is 467 g/mol. The third-order valence-electron chi connectivity index (χ3n) is 5.48. The van der Waals surface area contributed by atoms with Crippen LogP contribution in [0.5, 0.6) is 5.75 Å². The number of aromatic nitrogens is 4. The topological polar surface area (TPSA) is 90.5 Å². The molecule has 34 heavy (non-hydrogen) atoms. The van der Waals surface area contributed by atoms with Crippen LogP contribution in [-0.4, -0.2) is 52.4 Å². The summed E-state index contributed by atoms with van der Waals surface area (Å²) in [4.78, 5) is 4.56. The molecule has 4 aromatic rings. The lowest BCUT2D eigenvalue weighted by molar-refractivity contribution is -0.0498. The van der Waals surface area contributed by atoms with Crippen molar-refractivity contribution in [3.05, 3.63) is 54.2 Å². The van der Waals surface area contributed by atoms with Gasteiger partial charge in [0.25, 0.3) is 0 Å². The molecule has 176 valence electrons. The van der Waals surface area contributed by atoms with E-state index in [0.717, 1.165) is 33.4 Å².